The second-order valence-corrected chi connectivity index (χ2v) is 7.80. The van der Waals surface area contributed by atoms with Crippen molar-refractivity contribution in [3.8, 4) is 23.1 Å². The molecule has 158 valence electrons. The Bertz CT molecular complexity index is 1340. The van der Waals surface area contributed by atoms with Crippen LogP contribution in [0.3, 0.4) is 0 Å². The zero-order valence-electron chi connectivity index (χ0n) is 17.4. The minimum Gasteiger partial charge on any atom is -0.474 e. The van der Waals surface area contributed by atoms with Gasteiger partial charge in [-0.1, -0.05) is 30.3 Å². The number of hydrogen-bond donors (Lipinski definition) is 1. The summed E-state index contributed by atoms with van der Waals surface area (Å²) in [6, 6.07) is 15.5. The molecule has 0 saturated heterocycles. The van der Waals surface area contributed by atoms with Crippen LogP contribution >= 0.6 is 0 Å². The third-order valence-electron chi connectivity index (χ3n) is 5.39. The minimum atomic E-state index is -0.234. The largest absolute Gasteiger partial charge is 0.474 e. The highest BCUT2D eigenvalue weighted by Gasteiger charge is 2.27. The van der Waals surface area contributed by atoms with E-state index < -0.39 is 0 Å². The number of rotatable bonds is 6. The fourth-order valence-corrected chi connectivity index (χ4v) is 3.55. The average molecular weight is 424 g/mol. The van der Waals surface area contributed by atoms with Crippen LogP contribution in [-0.4, -0.2) is 44.1 Å². The van der Waals surface area contributed by atoms with E-state index in [0.717, 1.165) is 29.5 Å². The van der Waals surface area contributed by atoms with Gasteiger partial charge in [0.25, 0.3) is 5.91 Å². The molecule has 3 heterocycles. The number of nitrogens with zero attached hydrogens (tertiary/aromatic N) is 5. The molecule has 1 amide bonds. The molecular weight excluding hydrogens is 404 g/mol. The molecule has 0 spiro atoms. The maximum absolute atomic E-state index is 13.2. The Morgan fingerprint density at radius 1 is 1.22 bits per heavy atom. The second-order valence-electron chi connectivity index (χ2n) is 7.80. The lowest BCUT2D eigenvalue weighted by Crippen LogP contribution is -2.27. The summed E-state index contributed by atoms with van der Waals surface area (Å²) < 4.78 is 6.04. The van der Waals surface area contributed by atoms with Crippen molar-refractivity contribution in [1.82, 2.24) is 25.1 Å². The molecule has 1 aliphatic carbocycles. The Morgan fingerprint density at radius 3 is 2.78 bits per heavy atom. The number of H-pyrrole nitrogens is 1. The Kier molecular flexibility index (Phi) is 5.00. The number of hydrogen-bond acceptors (Lipinski definition) is 6. The van der Waals surface area contributed by atoms with Gasteiger partial charge < -0.3 is 9.64 Å². The summed E-state index contributed by atoms with van der Waals surface area (Å²) in [5, 5.41) is 16.8. The number of aromatic nitrogens is 4. The maximum atomic E-state index is 13.2. The molecule has 0 atom stereocenters. The zero-order valence-corrected chi connectivity index (χ0v) is 17.4. The number of fused-ring (bicyclic) bond motifs is 1. The van der Waals surface area contributed by atoms with Crippen molar-refractivity contribution < 1.29 is 9.53 Å². The van der Waals surface area contributed by atoms with E-state index in [9.17, 15) is 10.1 Å². The van der Waals surface area contributed by atoms with Crippen LogP contribution in [0.25, 0.3) is 22.0 Å². The van der Waals surface area contributed by atoms with Gasteiger partial charge in [0, 0.05) is 30.9 Å². The van der Waals surface area contributed by atoms with E-state index >= 15 is 0 Å². The molecule has 0 aliphatic heterocycles. The van der Waals surface area contributed by atoms with Crippen LogP contribution < -0.4 is 4.74 Å². The van der Waals surface area contributed by atoms with E-state index in [-0.39, 0.29) is 18.6 Å². The predicted molar refractivity (Wildman–Crippen MR) is 118 cm³/mol. The van der Waals surface area contributed by atoms with Crippen LogP contribution in [0.2, 0.25) is 0 Å². The highest BCUT2D eigenvalue weighted by molar-refractivity contribution is 5.93. The van der Waals surface area contributed by atoms with Crippen LogP contribution in [0, 0.1) is 11.3 Å². The van der Waals surface area contributed by atoms with Crippen LogP contribution in [0.5, 0.6) is 5.88 Å². The van der Waals surface area contributed by atoms with Gasteiger partial charge in [0.15, 0.2) is 5.69 Å². The van der Waals surface area contributed by atoms with Crippen LogP contribution in [0.15, 0.2) is 54.9 Å². The molecule has 8 nitrogen and oxygen atoms in total. The van der Waals surface area contributed by atoms with Gasteiger partial charge in [0.2, 0.25) is 5.88 Å². The molecule has 0 unspecified atom stereocenters. The molecule has 5 rings (SSSR count). The Balaban J connectivity index is 1.43. The van der Waals surface area contributed by atoms with Gasteiger partial charge >= 0.3 is 0 Å². The SMILES string of the molecule is CN(Cc1cnc(C#N)c2cn[nH]c12)C(=O)c1ccc(-c2ccccc2)c(OC2CC2)n1. The predicted octanol–water partition coefficient (Wildman–Crippen LogP) is 3.70. The van der Waals surface area contributed by atoms with Crippen LogP contribution in [0.4, 0.5) is 0 Å². The van der Waals surface area contributed by atoms with Crippen molar-refractivity contribution >= 4 is 16.8 Å². The second kappa shape index (κ2) is 8.12. The van der Waals surface area contributed by atoms with E-state index in [4.69, 9.17) is 4.74 Å². The van der Waals surface area contributed by atoms with Crippen molar-refractivity contribution in [2.24, 2.45) is 0 Å². The highest BCUT2D eigenvalue weighted by Crippen LogP contribution is 2.33. The van der Waals surface area contributed by atoms with Gasteiger partial charge in [-0.25, -0.2) is 9.97 Å². The Morgan fingerprint density at radius 2 is 2.03 bits per heavy atom. The third kappa shape index (κ3) is 3.76. The number of aromatic amines is 1. The number of pyridine rings is 2. The van der Waals surface area contributed by atoms with E-state index in [1.165, 1.54) is 0 Å². The topological polar surface area (TPSA) is 108 Å². The molecule has 8 heteroatoms. The van der Waals surface area contributed by atoms with E-state index in [0.29, 0.717) is 28.2 Å². The number of carbonyl (C=O) groups excluding carboxylic acids is 1. The minimum absolute atomic E-state index is 0.159. The molecule has 4 aromatic rings. The summed E-state index contributed by atoms with van der Waals surface area (Å²) in [5.41, 5.74) is 3.93. The van der Waals surface area contributed by atoms with Crippen molar-refractivity contribution in [2.45, 2.75) is 25.5 Å². The van der Waals surface area contributed by atoms with Gasteiger partial charge in [0.1, 0.15) is 17.9 Å². The summed E-state index contributed by atoms with van der Waals surface area (Å²) in [4.78, 5) is 23.5. The molecule has 1 fully saturated rings. The highest BCUT2D eigenvalue weighted by atomic mass is 16.5. The normalized spacial score (nSPS) is 13.0. The summed E-state index contributed by atoms with van der Waals surface area (Å²) >= 11 is 0. The molecule has 0 bridgehead atoms. The number of amides is 1. The Hall–Kier alpha value is -4.25. The quantitative estimate of drug-likeness (QED) is 0.506. The molecule has 1 N–H and O–H groups in total. The first-order valence-electron chi connectivity index (χ1n) is 10.3. The molecule has 1 saturated carbocycles. The van der Waals surface area contributed by atoms with E-state index in [1.807, 2.05) is 36.4 Å². The summed E-state index contributed by atoms with van der Waals surface area (Å²) in [7, 11) is 1.71. The first-order chi connectivity index (χ1) is 15.6. The van der Waals surface area contributed by atoms with Crippen molar-refractivity contribution in [1.29, 1.82) is 5.26 Å². The smallest absolute Gasteiger partial charge is 0.272 e. The number of benzene rings is 1. The van der Waals surface area contributed by atoms with Gasteiger partial charge in [0.05, 0.1) is 17.1 Å². The first-order valence-corrected chi connectivity index (χ1v) is 10.3. The molecule has 32 heavy (non-hydrogen) atoms. The molecule has 3 aromatic heterocycles. The maximum Gasteiger partial charge on any atom is 0.272 e. The number of ether oxygens (including phenoxy) is 1. The van der Waals surface area contributed by atoms with Crippen molar-refractivity contribution in [3.63, 3.8) is 0 Å². The monoisotopic (exact) mass is 424 g/mol. The number of nitrogens with one attached hydrogen (secondary N) is 1. The van der Waals surface area contributed by atoms with Crippen LogP contribution in [-0.2, 0) is 6.54 Å². The van der Waals surface area contributed by atoms with Crippen LogP contribution in [0.1, 0.15) is 34.6 Å². The lowest BCUT2D eigenvalue weighted by molar-refractivity contribution is 0.0778. The van der Waals surface area contributed by atoms with Crippen molar-refractivity contribution in [2.75, 3.05) is 7.05 Å². The molecule has 1 aliphatic rings. The standard InChI is InChI=1S/C24H20N6O2/c1-30(14-16-12-26-21(11-25)19-13-27-29-22(16)19)24(31)20-10-9-18(15-5-3-2-4-6-15)23(28-20)32-17-7-8-17/h2-6,9-10,12-13,17H,7-8,14H2,1H3,(H,27,29). The van der Waals surface area contributed by atoms with E-state index in [1.54, 1.807) is 30.4 Å². The fraction of sp³-hybridized carbons (Fsp3) is 0.208. The average Bonchev–Trinajstić information content (AvgIpc) is 3.50. The van der Waals surface area contributed by atoms with Gasteiger partial charge in [-0.05, 0) is 30.5 Å². The fourth-order valence-electron chi connectivity index (χ4n) is 3.55. The first kappa shape index (κ1) is 19.7. The summed E-state index contributed by atoms with van der Waals surface area (Å²) in [6.45, 7) is 0.289. The number of nitriles is 1. The van der Waals surface area contributed by atoms with E-state index in [2.05, 4.69) is 26.2 Å². The third-order valence-corrected chi connectivity index (χ3v) is 5.39. The zero-order chi connectivity index (χ0) is 22.1. The van der Waals surface area contributed by atoms with Gasteiger partial charge in [-0.2, -0.15) is 10.4 Å². The molecule has 1 aromatic carbocycles. The molecular formula is C24H20N6O2. The lowest BCUT2D eigenvalue weighted by atomic mass is 10.1. The molecule has 0 radical (unpaired) electrons. The lowest BCUT2D eigenvalue weighted by Gasteiger charge is -2.18. The Labute approximate surface area is 184 Å². The number of carbonyl (C=O) groups is 1. The summed E-state index contributed by atoms with van der Waals surface area (Å²) in [6.07, 6.45) is 5.32. The van der Waals surface area contributed by atoms with Gasteiger partial charge in [-0.3, -0.25) is 9.89 Å². The van der Waals surface area contributed by atoms with Gasteiger partial charge in [-0.15, -0.1) is 0 Å². The van der Waals surface area contributed by atoms with Crippen molar-refractivity contribution in [3.05, 3.63) is 71.8 Å². The summed E-state index contributed by atoms with van der Waals surface area (Å²) in [5.74, 6) is 0.247.